The molecule has 0 N–H and O–H groups in total. The van der Waals surface area contributed by atoms with Gasteiger partial charge in [0.25, 0.3) is 0 Å². The van der Waals surface area contributed by atoms with Crippen molar-refractivity contribution in [2.24, 2.45) is 0 Å². The molecule has 9 nitrogen and oxygen atoms in total. The molecule has 1 amide bonds. The predicted octanol–water partition coefficient (Wildman–Crippen LogP) is 5.36. The number of fused-ring (bicyclic) bond motifs is 1. The van der Waals surface area contributed by atoms with Gasteiger partial charge in [0, 0.05) is 37.5 Å². The highest BCUT2D eigenvalue weighted by atomic mass is 32.2. The molecule has 2 aromatic carbocycles. The molecule has 5 rings (SSSR count). The molecule has 0 bridgehead atoms. The number of alkyl halides is 3. The highest BCUT2D eigenvalue weighted by molar-refractivity contribution is 7.90. The summed E-state index contributed by atoms with van der Waals surface area (Å²) in [7, 11) is -3.97. The number of benzene rings is 2. The third kappa shape index (κ3) is 5.88. The first-order valence-electron chi connectivity index (χ1n) is 14.4. The highest BCUT2D eigenvalue weighted by Gasteiger charge is 2.36. The number of carbonyl (C=O) groups is 1. The van der Waals surface area contributed by atoms with E-state index >= 15 is 4.39 Å². The molecule has 0 spiro atoms. The molecule has 46 heavy (non-hydrogen) atoms. The van der Waals surface area contributed by atoms with Gasteiger partial charge >= 0.3 is 11.9 Å². The molecule has 3 heterocycles. The average Bonchev–Trinajstić information content (AvgIpc) is 2.99. The molecule has 1 saturated heterocycles. The average molecular weight is 658 g/mol. The second kappa shape index (κ2) is 12.0. The predicted molar refractivity (Wildman–Crippen MR) is 166 cm³/mol. The lowest BCUT2D eigenvalue weighted by Gasteiger charge is -2.40. The van der Waals surface area contributed by atoms with Crippen molar-refractivity contribution in [2.45, 2.75) is 43.8 Å². The molecule has 0 radical (unpaired) electrons. The zero-order chi connectivity index (χ0) is 33.7. The van der Waals surface area contributed by atoms with Crippen LogP contribution < -0.4 is 10.6 Å². The summed E-state index contributed by atoms with van der Waals surface area (Å²) in [5.41, 5.74) is -3.27. The highest BCUT2D eigenvalue weighted by Crippen LogP contribution is 2.39. The number of para-hydroxylation sites is 1. The van der Waals surface area contributed by atoms with Gasteiger partial charge < -0.3 is 9.80 Å². The Morgan fingerprint density at radius 3 is 2.39 bits per heavy atom. The second-order valence-electron chi connectivity index (χ2n) is 11.4. The number of pyridine rings is 1. The van der Waals surface area contributed by atoms with Gasteiger partial charge in [-0.25, -0.2) is 27.2 Å². The van der Waals surface area contributed by atoms with Crippen molar-refractivity contribution >= 4 is 32.6 Å². The van der Waals surface area contributed by atoms with Crippen molar-refractivity contribution in [2.75, 3.05) is 30.8 Å². The van der Waals surface area contributed by atoms with E-state index in [2.05, 4.69) is 16.5 Å². The molecule has 0 aliphatic carbocycles. The fourth-order valence-electron chi connectivity index (χ4n) is 5.80. The van der Waals surface area contributed by atoms with Crippen molar-refractivity contribution in [3.8, 4) is 16.9 Å². The van der Waals surface area contributed by atoms with Crippen molar-refractivity contribution in [3.05, 3.63) is 88.6 Å². The minimum Gasteiger partial charge on any atom is -0.350 e. The maximum Gasteiger partial charge on any atom is 0.417 e. The lowest BCUT2D eigenvalue weighted by atomic mass is 10.0. The van der Waals surface area contributed by atoms with Crippen LogP contribution in [0.2, 0.25) is 0 Å². The van der Waals surface area contributed by atoms with Gasteiger partial charge in [0.1, 0.15) is 17.3 Å². The Balaban J connectivity index is 1.90. The summed E-state index contributed by atoms with van der Waals surface area (Å²) in [5.74, 6) is -1.72. The summed E-state index contributed by atoms with van der Waals surface area (Å²) >= 11 is 0. The van der Waals surface area contributed by atoms with Gasteiger partial charge in [-0.1, -0.05) is 50.8 Å². The van der Waals surface area contributed by atoms with Gasteiger partial charge in [-0.05, 0) is 42.7 Å². The zero-order valence-corrected chi connectivity index (χ0v) is 26.3. The molecule has 1 atom stereocenters. The molecule has 1 aliphatic heterocycles. The van der Waals surface area contributed by atoms with Gasteiger partial charge in [0.15, 0.2) is 15.5 Å². The summed E-state index contributed by atoms with van der Waals surface area (Å²) in [6, 6.07) is 9.35. The minimum absolute atomic E-state index is 0.000516. The smallest absolute Gasteiger partial charge is 0.350 e. The molecule has 1 aliphatic rings. The van der Waals surface area contributed by atoms with E-state index in [0.717, 1.165) is 29.0 Å². The van der Waals surface area contributed by atoms with Crippen LogP contribution in [0.4, 0.5) is 23.4 Å². The van der Waals surface area contributed by atoms with Gasteiger partial charge in [0.2, 0.25) is 5.91 Å². The number of rotatable bonds is 6. The second-order valence-corrected chi connectivity index (χ2v) is 13.4. The Morgan fingerprint density at radius 2 is 1.78 bits per heavy atom. The van der Waals surface area contributed by atoms with E-state index in [4.69, 9.17) is 0 Å². The number of anilines is 1. The SMILES string of the molecule is C=CC(=O)N1CCN(c2nc(=O)n(-c3c(C(C)C)cccc3S(C)(=O)=O)c3nc(-c4ccccc4C(F)(F)F)c(F)cc23)[C@@H](C)C1. The number of aromatic nitrogens is 3. The van der Waals surface area contributed by atoms with E-state index in [1.165, 1.54) is 30.3 Å². The van der Waals surface area contributed by atoms with Crippen molar-refractivity contribution in [3.63, 3.8) is 0 Å². The topological polar surface area (TPSA) is 105 Å². The van der Waals surface area contributed by atoms with E-state index < -0.39 is 50.4 Å². The van der Waals surface area contributed by atoms with Crippen LogP contribution in [0.3, 0.4) is 0 Å². The lowest BCUT2D eigenvalue weighted by Crippen LogP contribution is -2.54. The first kappa shape index (κ1) is 32.8. The number of carbonyl (C=O) groups excluding carboxylic acids is 1. The monoisotopic (exact) mass is 657 g/mol. The summed E-state index contributed by atoms with van der Waals surface area (Å²) in [4.78, 5) is 38.0. The summed E-state index contributed by atoms with van der Waals surface area (Å²) in [6.45, 7) is 9.48. The Kier molecular flexibility index (Phi) is 8.53. The maximum absolute atomic E-state index is 16.0. The summed E-state index contributed by atoms with van der Waals surface area (Å²) < 4.78 is 85.2. The van der Waals surface area contributed by atoms with E-state index in [9.17, 15) is 31.2 Å². The number of sulfone groups is 1. The lowest BCUT2D eigenvalue weighted by molar-refractivity contribution is -0.137. The maximum atomic E-state index is 16.0. The van der Waals surface area contributed by atoms with Gasteiger partial charge in [0.05, 0.1) is 21.5 Å². The molecule has 2 aromatic heterocycles. The standard InChI is InChI=1S/C32H31F4N5O4S/c1-6-26(42)39-14-15-40(19(4)17-39)29-22-16-24(33)27(21-10-7-8-12-23(21)32(34,35)36)37-30(22)41(31(43)38-29)28-20(18(2)3)11-9-13-25(28)46(5,44)45/h6-13,16,18-19H,1,14-15,17H2,2-5H3/t19-/m0/s1. The van der Waals surface area contributed by atoms with Crippen LogP contribution in [0.5, 0.6) is 0 Å². The number of hydrogen-bond donors (Lipinski definition) is 0. The van der Waals surface area contributed by atoms with Crippen molar-refractivity contribution in [1.82, 2.24) is 19.4 Å². The molecule has 4 aromatic rings. The van der Waals surface area contributed by atoms with E-state index in [-0.39, 0.29) is 58.9 Å². The van der Waals surface area contributed by atoms with Crippen molar-refractivity contribution in [1.29, 1.82) is 0 Å². The third-order valence-electron chi connectivity index (χ3n) is 7.95. The number of piperazine rings is 1. The normalized spacial score (nSPS) is 15.9. The number of amides is 1. The van der Waals surface area contributed by atoms with Gasteiger partial charge in [-0.15, -0.1) is 0 Å². The van der Waals surface area contributed by atoms with Crippen LogP contribution in [0.15, 0.2) is 70.9 Å². The first-order chi connectivity index (χ1) is 21.5. The summed E-state index contributed by atoms with van der Waals surface area (Å²) in [6.07, 6.45) is -2.70. The van der Waals surface area contributed by atoms with E-state index in [1.807, 2.05) is 0 Å². The molecule has 1 fully saturated rings. The zero-order valence-electron chi connectivity index (χ0n) is 25.5. The molecule has 0 saturated carbocycles. The number of hydrogen-bond acceptors (Lipinski definition) is 7. The molecule has 0 unspecified atom stereocenters. The van der Waals surface area contributed by atoms with Crippen LogP contribution in [0, 0.1) is 5.82 Å². The Hall–Kier alpha value is -4.59. The van der Waals surface area contributed by atoms with Gasteiger partial charge in [-0.3, -0.25) is 4.79 Å². The largest absolute Gasteiger partial charge is 0.417 e. The minimum atomic E-state index is -4.85. The molecular formula is C32H31F4N5O4S. The molecule has 14 heteroatoms. The quantitative estimate of drug-likeness (QED) is 0.203. The molecule has 242 valence electrons. The fourth-order valence-corrected chi connectivity index (χ4v) is 6.68. The van der Waals surface area contributed by atoms with Crippen LogP contribution in [0.25, 0.3) is 28.0 Å². The van der Waals surface area contributed by atoms with Gasteiger partial charge in [-0.2, -0.15) is 18.2 Å². The van der Waals surface area contributed by atoms with Crippen LogP contribution in [0.1, 0.15) is 37.8 Å². The third-order valence-corrected chi connectivity index (χ3v) is 9.08. The Morgan fingerprint density at radius 1 is 1.09 bits per heavy atom. The van der Waals surface area contributed by atoms with Crippen LogP contribution >= 0.6 is 0 Å². The Labute approximate surface area is 262 Å². The van der Waals surface area contributed by atoms with Crippen LogP contribution in [-0.2, 0) is 20.8 Å². The van der Waals surface area contributed by atoms with E-state index in [1.54, 1.807) is 36.6 Å². The number of halogens is 4. The van der Waals surface area contributed by atoms with Crippen LogP contribution in [-0.4, -0.2) is 65.7 Å². The summed E-state index contributed by atoms with van der Waals surface area (Å²) in [5, 5.41) is -0.0290. The Bertz CT molecular complexity index is 2040. The fraction of sp³-hybridized carbons (Fsp3) is 0.312. The van der Waals surface area contributed by atoms with Crippen molar-refractivity contribution < 1.29 is 30.8 Å². The number of nitrogens with zero attached hydrogens (tertiary/aromatic N) is 5. The first-order valence-corrected chi connectivity index (χ1v) is 16.2. The van der Waals surface area contributed by atoms with E-state index in [0.29, 0.717) is 5.56 Å². The molecular weight excluding hydrogens is 626 g/mol.